The highest BCUT2D eigenvalue weighted by Gasteiger charge is 2.37. The number of methoxy groups -OCH3 is 1. The number of amides is 4. The number of barbiturate groups is 1. The molecule has 0 bridgehead atoms. The van der Waals surface area contributed by atoms with Crippen molar-refractivity contribution < 1.29 is 23.5 Å². The van der Waals surface area contributed by atoms with Crippen LogP contribution < -0.4 is 15.0 Å². The number of anilines is 1. The van der Waals surface area contributed by atoms with Gasteiger partial charge in [-0.25, -0.2) is 14.1 Å². The fraction of sp³-hybridized carbons (Fsp3) is 0.115. The van der Waals surface area contributed by atoms with Gasteiger partial charge < -0.3 is 4.74 Å². The van der Waals surface area contributed by atoms with E-state index < -0.39 is 17.8 Å². The number of carbonyl (C=O) groups is 3. The maximum absolute atomic E-state index is 13.6. The minimum atomic E-state index is -0.855. The highest BCUT2D eigenvalue weighted by Crippen LogP contribution is 2.33. The molecule has 35 heavy (non-hydrogen) atoms. The maximum Gasteiger partial charge on any atom is 0.335 e. The van der Waals surface area contributed by atoms with E-state index in [1.54, 1.807) is 43.3 Å². The second kappa shape index (κ2) is 10.0. The van der Waals surface area contributed by atoms with Gasteiger partial charge in [0.25, 0.3) is 11.8 Å². The quantitative estimate of drug-likeness (QED) is 0.317. The highest BCUT2D eigenvalue weighted by molar-refractivity contribution is 9.10. The summed E-state index contributed by atoms with van der Waals surface area (Å²) in [5.41, 5.74) is 2.71. The largest absolute Gasteiger partial charge is 0.496 e. The van der Waals surface area contributed by atoms with Crippen LogP contribution in [-0.2, 0) is 16.0 Å². The molecule has 3 aromatic rings. The summed E-state index contributed by atoms with van der Waals surface area (Å²) in [6.45, 7) is 1.73. The molecule has 0 aliphatic carbocycles. The van der Waals surface area contributed by atoms with Crippen LogP contribution in [0, 0.1) is 12.7 Å². The van der Waals surface area contributed by atoms with Crippen molar-refractivity contribution in [3.8, 4) is 5.75 Å². The van der Waals surface area contributed by atoms with E-state index in [0.717, 1.165) is 16.0 Å². The number of nitrogens with one attached hydrogen (secondary N) is 1. The molecule has 0 unspecified atom stereocenters. The van der Waals surface area contributed by atoms with Gasteiger partial charge in [-0.2, -0.15) is 0 Å². The number of benzene rings is 3. The Labute approximate surface area is 214 Å². The summed E-state index contributed by atoms with van der Waals surface area (Å²) >= 11 is 9.59. The van der Waals surface area contributed by atoms with Gasteiger partial charge in [0.2, 0.25) is 0 Å². The Morgan fingerprint density at radius 2 is 1.89 bits per heavy atom. The van der Waals surface area contributed by atoms with Crippen molar-refractivity contribution in [1.82, 2.24) is 5.32 Å². The number of nitrogens with zero attached hydrogens (tertiary/aromatic N) is 1. The first-order chi connectivity index (χ1) is 16.7. The van der Waals surface area contributed by atoms with Gasteiger partial charge in [0.15, 0.2) is 0 Å². The van der Waals surface area contributed by atoms with Crippen molar-refractivity contribution in [2.45, 2.75) is 13.3 Å². The Morgan fingerprint density at radius 3 is 2.60 bits per heavy atom. The van der Waals surface area contributed by atoms with Gasteiger partial charge >= 0.3 is 6.03 Å². The van der Waals surface area contributed by atoms with E-state index in [4.69, 9.17) is 16.3 Å². The first-order valence-electron chi connectivity index (χ1n) is 10.5. The number of aryl methyl sites for hydroxylation is 1. The number of ether oxygens (including phenoxy) is 1. The Balaban J connectivity index is 1.72. The van der Waals surface area contributed by atoms with Gasteiger partial charge in [-0.05, 0) is 66.1 Å². The second-order valence-corrected chi connectivity index (χ2v) is 9.17. The number of rotatable bonds is 5. The lowest BCUT2D eigenvalue weighted by Gasteiger charge is -2.27. The summed E-state index contributed by atoms with van der Waals surface area (Å²) in [5.74, 6) is -1.44. The van der Waals surface area contributed by atoms with Gasteiger partial charge in [-0.15, -0.1) is 0 Å². The lowest BCUT2D eigenvalue weighted by molar-refractivity contribution is -0.122. The summed E-state index contributed by atoms with van der Waals surface area (Å²) < 4.78 is 19.8. The molecule has 0 spiro atoms. The molecule has 9 heteroatoms. The fourth-order valence-corrected chi connectivity index (χ4v) is 4.55. The van der Waals surface area contributed by atoms with Crippen molar-refractivity contribution in [3.63, 3.8) is 0 Å². The third-order valence-electron chi connectivity index (χ3n) is 5.49. The smallest absolute Gasteiger partial charge is 0.335 e. The Morgan fingerprint density at radius 1 is 1.11 bits per heavy atom. The molecule has 1 aliphatic heterocycles. The van der Waals surface area contributed by atoms with Crippen LogP contribution in [0.3, 0.4) is 0 Å². The van der Waals surface area contributed by atoms with Crippen LogP contribution in [0.2, 0.25) is 5.02 Å². The number of halogens is 3. The number of urea groups is 1. The van der Waals surface area contributed by atoms with E-state index >= 15 is 0 Å². The Bertz CT molecular complexity index is 1410. The molecular weight excluding hydrogens is 539 g/mol. The average Bonchev–Trinajstić information content (AvgIpc) is 2.80. The van der Waals surface area contributed by atoms with Crippen LogP contribution in [-0.4, -0.2) is 25.0 Å². The minimum absolute atomic E-state index is 0.226. The molecule has 178 valence electrons. The number of hydrogen-bond acceptors (Lipinski definition) is 4. The van der Waals surface area contributed by atoms with E-state index in [9.17, 15) is 18.8 Å². The van der Waals surface area contributed by atoms with Crippen molar-refractivity contribution in [2.75, 3.05) is 12.0 Å². The molecule has 3 aromatic carbocycles. The summed E-state index contributed by atoms with van der Waals surface area (Å²) in [4.78, 5) is 39.2. The van der Waals surface area contributed by atoms with E-state index in [1.807, 2.05) is 0 Å². The third-order valence-corrected chi connectivity index (χ3v) is 6.43. The van der Waals surface area contributed by atoms with Gasteiger partial charge in [0.05, 0.1) is 12.8 Å². The summed E-state index contributed by atoms with van der Waals surface area (Å²) in [6.07, 6.45) is 1.78. The highest BCUT2D eigenvalue weighted by atomic mass is 79.9. The zero-order valence-electron chi connectivity index (χ0n) is 18.7. The SMILES string of the molecule is COc1cc(/C=C2\C(=O)NC(=O)N(c3cc(Cl)ccc3C)C2=O)cc(Br)c1Cc1cccc(F)c1. The van der Waals surface area contributed by atoms with Crippen LogP contribution in [0.15, 0.2) is 64.6 Å². The molecule has 1 heterocycles. The van der Waals surface area contributed by atoms with Crippen LogP contribution in [0.5, 0.6) is 5.75 Å². The fourth-order valence-electron chi connectivity index (χ4n) is 3.79. The summed E-state index contributed by atoms with van der Waals surface area (Å²) in [7, 11) is 1.49. The Kier molecular flexibility index (Phi) is 7.05. The van der Waals surface area contributed by atoms with Crippen LogP contribution in [0.1, 0.15) is 22.3 Å². The van der Waals surface area contributed by atoms with Crippen molar-refractivity contribution in [2.24, 2.45) is 0 Å². The molecular formula is C26H19BrClFN2O4. The van der Waals surface area contributed by atoms with Crippen LogP contribution in [0.4, 0.5) is 14.9 Å². The predicted octanol–water partition coefficient (Wildman–Crippen LogP) is 5.82. The van der Waals surface area contributed by atoms with Gasteiger partial charge in [-0.3, -0.25) is 14.9 Å². The molecule has 4 rings (SSSR count). The molecule has 6 nitrogen and oxygen atoms in total. The topological polar surface area (TPSA) is 75.7 Å². The molecule has 0 saturated carbocycles. The second-order valence-electron chi connectivity index (χ2n) is 7.88. The molecule has 1 N–H and O–H groups in total. The first-order valence-corrected chi connectivity index (χ1v) is 11.6. The minimum Gasteiger partial charge on any atom is -0.496 e. The van der Waals surface area contributed by atoms with Crippen molar-refractivity contribution in [1.29, 1.82) is 0 Å². The lowest BCUT2D eigenvalue weighted by atomic mass is 10.00. The van der Waals surface area contributed by atoms with E-state index in [2.05, 4.69) is 21.2 Å². The van der Waals surface area contributed by atoms with Crippen LogP contribution in [0.25, 0.3) is 6.08 Å². The summed E-state index contributed by atoms with van der Waals surface area (Å²) in [5, 5.41) is 2.55. The van der Waals surface area contributed by atoms with E-state index in [-0.39, 0.29) is 17.1 Å². The third kappa shape index (κ3) is 5.13. The van der Waals surface area contributed by atoms with Gasteiger partial charge in [0, 0.05) is 21.5 Å². The number of imide groups is 2. The standard InChI is InChI=1S/C26H19BrClFN2O4/c1-14-6-7-17(28)13-22(14)31-25(33)20(24(32)30-26(31)34)10-16-11-21(27)19(23(12-16)35-2)9-15-4-3-5-18(29)8-15/h3-8,10-13H,9H2,1-2H3,(H,30,32,34)/b20-10+. The van der Waals surface area contributed by atoms with Gasteiger partial charge in [0.1, 0.15) is 17.1 Å². The van der Waals surface area contributed by atoms with E-state index in [0.29, 0.717) is 32.8 Å². The Hall–Kier alpha value is -3.49. The monoisotopic (exact) mass is 556 g/mol. The molecule has 0 atom stereocenters. The van der Waals surface area contributed by atoms with Gasteiger partial charge in [-0.1, -0.05) is 45.7 Å². The average molecular weight is 558 g/mol. The molecule has 1 saturated heterocycles. The molecule has 1 aliphatic rings. The molecule has 1 fully saturated rings. The first kappa shape index (κ1) is 24.6. The summed E-state index contributed by atoms with van der Waals surface area (Å²) in [6, 6.07) is 13.6. The van der Waals surface area contributed by atoms with E-state index in [1.165, 1.54) is 31.4 Å². The number of carbonyl (C=O) groups excluding carboxylic acids is 3. The van der Waals surface area contributed by atoms with Crippen molar-refractivity contribution in [3.05, 3.63) is 97.7 Å². The lowest BCUT2D eigenvalue weighted by Crippen LogP contribution is -2.54. The predicted molar refractivity (Wildman–Crippen MR) is 135 cm³/mol. The van der Waals surface area contributed by atoms with Crippen molar-refractivity contribution >= 4 is 57.1 Å². The molecule has 0 aromatic heterocycles. The number of hydrogen-bond donors (Lipinski definition) is 1. The normalized spacial score (nSPS) is 14.9. The zero-order chi connectivity index (χ0) is 25.3. The molecule has 0 radical (unpaired) electrons. The zero-order valence-corrected chi connectivity index (χ0v) is 21.0. The maximum atomic E-state index is 13.6. The van der Waals surface area contributed by atoms with Crippen LogP contribution >= 0.6 is 27.5 Å². The molecule has 4 amide bonds.